The second-order valence-electron chi connectivity index (χ2n) is 5.24. The summed E-state index contributed by atoms with van der Waals surface area (Å²) in [5, 5.41) is 3.21. The molecular weight excluding hydrogens is 208 g/mol. The van der Waals surface area contributed by atoms with Gasteiger partial charge < -0.3 is 10.2 Å². The highest BCUT2D eigenvalue weighted by atomic mass is 15.1. The van der Waals surface area contributed by atoms with Crippen LogP contribution in [0.4, 0.5) is 0 Å². The third kappa shape index (κ3) is 3.55. The van der Waals surface area contributed by atoms with Crippen molar-refractivity contribution in [1.29, 1.82) is 0 Å². The van der Waals surface area contributed by atoms with Gasteiger partial charge in [0.25, 0.3) is 0 Å². The summed E-state index contributed by atoms with van der Waals surface area (Å²) in [5.41, 5.74) is 3.15. The molecule has 1 aliphatic rings. The number of likely N-dealkylation sites (N-methyl/N-ethyl adjacent to an activating group) is 2. The standard InChI is InChI=1S/C15H24N2/c1-16-9-10-17(2)12-13-7-8-14-5-3-4-6-15(14)11-13/h3-6,13,16H,7-12H2,1-2H3. The second-order valence-corrected chi connectivity index (χ2v) is 5.24. The van der Waals surface area contributed by atoms with Gasteiger partial charge in [-0.1, -0.05) is 24.3 Å². The number of aryl methyl sites for hydroxylation is 1. The molecule has 1 aromatic rings. The minimum atomic E-state index is 0.840. The van der Waals surface area contributed by atoms with Crippen LogP contribution in [0.2, 0.25) is 0 Å². The van der Waals surface area contributed by atoms with E-state index in [4.69, 9.17) is 0 Å². The zero-order chi connectivity index (χ0) is 12.1. The SMILES string of the molecule is CNCCN(C)CC1CCc2ccccc2C1. The molecule has 1 unspecified atom stereocenters. The maximum atomic E-state index is 3.21. The van der Waals surface area contributed by atoms with Gasteiger partial charge in [-0.3, -0.25) is 0 Å². The van der Waals surface area contributed by atoms with Crippen LogP contribution >= 0.6 is 0 Å². The van der Waals surface area contributed by atoms with Crippen LogP contribution in [0, 0.1) is 5.92 Å². The molecule has 0 radical (unpaired) electrons. The van der Waals surface area contributed by atoms with Crippen molar-refractivity contribution in [3.8, 4) is 0 Å². The molecule has 1 N–H and O–H groups in total. The molecule has 0 amide bonds. The Morgan fingerprint density at radius 1 is 1.29 bits per heavy atom. The van der Waals surface area contributed by atoms with Crippen LogP contribution in [0.25, 0.3) is 0 Å². The average Bonchev–Trinajstić information content (AvgIpc) is 2.36. The summed E-state index contributed by atoms with van der Waals surface area (Å²) >= 11 is 0. The molecule has 2 nitrogen and oxygen atoms in total. The number of nitrogens with one attached hydrogen (secondary N) is 1. The normalized spacial score (nSPS) is 19.4. The number of benzene rings is 1. The molecular formula is C15H24N2. The number of hydrogen-bond donors (Lipinski definition) is 1. The number of nitrogens with zero attached hydrogens (tertiary/aromatic N) is 1. The lowest BCUT2D eigenvalue weighted by Crippen LogP contribution is -2.33. The molecule has 17 heavy (non-hydrogen) atoms. The van der Waals surface area contributed by atoms with Crippen molar-refractivity contribution in [1.82, 2.24) is 10.2 Å². The summed E-state index contributed by atoms with van der Waals surface area (Å²) in [6.07, 6.45) is 3.88. The lowest BCUT2D eigenvalue weighted by atomic mass is 9.84. The molecule has 2 heteroatoms. The highest BCUT2D eigenvalue weighted by molar-refractivity contribution is 5.29. The average molecular weight is 232 g/mol. The van der Waals surface area contributed by atoms with Crippen molar-refractivity contribution < 1.29 is 0 Å². The first-order valence-corrected chi connectivity index (χ1v) is 6.69. The van der Waals surface area contributed by atoms with E-state index >= 15 is 0 Å². The van der Waals surface area contributed by atoms with Crippen molar-refractivity contribution in [2.45, 2.75) is 19.3 Å². The van der Waals surface area contributed by atoms with Crippen LogP contribution in [-0.4, -0.2) is 38.6 Å². The number of hydrogen-bond acceptors (Lipinski definition) is 2. The van der Waals surface area contributed by atoms with Crippen molar-refractivity contribution in [3.63, 3.8) is 0 Å². The lowest BCUT2D eigenvalue weighted by Gasteiger charge is -2.28. The van der Waals surface area contributed by atoms with E-state index in [9.17, 15) is 0 Å². The molecule has 0 aromatic heterocycles. The van der Waals surface area contributed by atoms with Gasteiger partial charge in [-0.25, -0.2) is 0 Å². The van der Waals surface area contributed by atoms with Crippen LogP contribution in [0.3, 0.4) is 0 Å². The van der Waals surface area contributed by atoms with Gasteiger partial charge in [-0.2, -0.15) is 0 Å². The third-order valence-electron chi connectivity index (χ3n) is 3.76. The van der Waals surface area contributed by atoms with Gasteiger partial charge in [-0.05, 0) is 50.4 Å². The fraction of sp³-hybridized carbons (Fsp3) is 0.600. The topological polar surface area (TPSA) is 15.3 Å². The van der Waals surface area contributed by atoms with E-state index < -0.39 is 0 Å². The highest BCUT2D eigenvalue weighted by Crippen LogP contribution is 2.25. The van der Waals surface area contributed by atoms with Crippen LogP contribution in [0.1, 0.15) is 17.5 Å². The van der Waals surface area contributed by atoms with Gasteiger partial charge in [0.1, 0.15) is 0 Å². The molecule has 0 saturated heterocycles. The second kappa shape index (κ2) is 6.18. The minimum Gasteiger partial charge on any atom is -0.318 e. The van der Waals surface area contributed by atoms with E-state index in [2.05, 4.69) is 41.5 Å². The maximum Gasteiger partial charge on any atom is 0.0104 e. The summed E-state index contributed by atoms with van der Waals surface area (Å²) < 4.78 is 0. The Bertz CT molecular complexity index is 349. The molecule has 1 atom stereocenters. The molecule has 1 aliphatic carbocycles. The minimum absolute atomic E-state index is 0.840. The predicted molar refractivity (Wildman–Crippen MR) is 73.4 cm³/mol. The molecule has 94 valence electrons. The molecule has 0 spiro atoms. The van der Waals surface area contributed by atoms with E-state index in [1.807, 2.05) is 7.05 Å². The van der Waals surface area contributed by atoms with Gasteiger partial charge in [0.15, 0.2) is 0 Å². The summed E-state index contributed by atoms with van der Waals surface area (Å²) in [5.74, 6) is 0.840. The molecule has 0 bridgehead atoms. The van der Waals surface area contributed by atoms with Gasteiger partial charge in [0.2, 0.25) is 0 Å². The lowest BCUT2D eigenvalue weighted by molar-refractivity contribution is 0.262. The Balaban J connectivity index is 1.85. The number of rotatable bonds is 5. The molecule has 0 aliphatic heterocycles. The number of fused-ring (bicyclic) bond motifs is 1. The Morgan fingerprint density at radius 2 is 2.06 bits per heavy atom. The van der Waals surface area contributed by atoms with Crippen LogP contribution < -0.4 is 5.32 Å². The Kier molecular flexibility index (Phi) is 4.57. The molecule has 0 saturated carbocycles. The fourth-order valence-corrected chi connectivity index (χ4v) is 2.76. The Hall–Kier alpha value is -0.860. The van der Waals surface area contributed by atoms with Gasteiger partial charge in [0.05, 0.1) is 0 Å². The quantitative estimate of drug-likeness (QED) is 0.834. The highest BCUT2D eigenvalue weighted by Gasteiger charge is 2.19. The summed E-state index contributed by atoms with van der Waals surface area (Å²) in [6.45, 7) is 3.46. The fourth-order valence-electron chi connectivity index (χ4n) is 2.76. The Labute approximate surface area is 105 Å². The first kappa shape index (κ1) is 12.6. The van der Waals surface area contributed by atoms with E-state index in [0.717, 1.165) is 19.0 Å². The van der Waals surface area contributed by atoms with Crippen LogP contribution in [0.5, 0.6) is 0 Å². The zero-order valence-corrected chi connectivity index (χ0v) is 11.1. The van der Waals surface area contributed by atoms with E-state index in [1.165, 1.54) is 25.8 Å². The zero-order valence-electron chi connectivity index (χ0n) is 11.1. The van der Waals surface area contributed by atoms with E-state index in [1.54, 1.807) is 11.1 Å². The maximum absolute atomic E-state index is 3.21. The third-order valence-corrected chi connectivity index (χ3v) is 3.76. The summed E-state index contributed by atoms with van der Waals surface area (Å²) in [4.78, 5) is 2.45. The van der Waals surface area contributed by atoms with Gasteiger partial charge in [0, 0.05) is 19.6 Å². The van der Waals surface area contributed by atoms with Crippen molar-refractivity contribution in [2.24, 2.45) is 5.92 Å². The van der Waals surface area contributed by atoms with Gasteiger partial charge >= 0.3 is 0 Å². The molecule has 1 aromatic carbocycles. The predicted octanol–water partition coefficient (Wildman–Crippen LogP) is 1.94. The first-order chi connectivity index (χ1) is 8.29. The summed E-state index contributed by atoms with van der Waals surface area (Å²) in [7, 11) is 4.25. The molecule has 0 fully saturated rings. The van der Waals surface area contributed by atoms with Crippen molar-refractivity contribution in [2.75, 3.05) is 33.7 Å². The Morgan fingerprint density at radius 3 is 2.82 bits per heavy atom. The van der Waals surface area contributed by atoms with Crippen molar-refractivity contribution in [3.05, 3.63) is 35.4 Å². The molecule has 0 heterocycles. The van der Waals surface area contributed by atoms with Crippen LogP contribution in [-0.2, 0) is 12.8 Å². The first-order valence-electron chi connectivity index (χ1n) is 6.69. The van der Waals surface area contributed by atoms with Gasteiger partial charge in [-0.15, -0.1) is 0 Å². The largest absolute Gasteiger partial charge is 0.318 e. The van der Waals surface area contributed by atoms with E-state index in [0.29, 0.717) is 0 Å². The smallest absolute Gasteiger partial charge is 0.0104 e. The monoisotopic (exact) mass is 232 g/mol. The van der Waals surface area contributed by atoms with E-state index in [-0.39, 0.29) is 0 Å². The van der Waals surface area contributed by atoms with Crippen molar-refractivity contribution >= 4 is 0 Å². The molecule has 2 rings (SSSR count). The van der Waals surface area contributed by atoms with Crippen LogP contribution in [0.15, 0.2) is 24.3 Å². The summed E-state index contributed by atoms with van der Waals surface area (Å²) in [6, 6.07) is 8.93.